The molecule has 1 heterocycles. The van der Waals surface area contributed by atoms with Crippen molar-refractivity contribution in [2.24, 2.45) is 0 Å². The van der Waals surface area contributed by atoms with Gasteiger partial charge in [-0.1, -0.05) is 24.3 Å². The number of imidazole rings is 1. The number of nitrogens with one attached hydrogen (secondary N) is 1. The van der Waals surface area contributed by atoms with Crippen LogP contribution < -0.4 is 4.74 Å². The molecule has 0 saturated carbocycles. The van der Waals surface area contributed by atoms with E-state index in [9.17, 15) is 9.90 Å². The van der Waals surface area contributed by atoms with E-state index in [1.807, 2.05) is 37.3 Å². The van der Waals surface area contributed by atoms with Gasteiger partial charge in [-0.3, -0.25) is 4.79 Å². The van der Waals surface area contributed by atoms with Gasteiger partial charge in [-0.25, -0.2) is 4.98 Å². The van der Waals surface area contributed by atoms with Crippen LogP contribution in [-0.4, -0.2) is 39.0 Å². The molecule has 0 spiro atoms. The van der Waals surface area contributed by atoms with Crippen LogP contribution in [0.2, 0.25) is 0 Å². The predicted octanol–water partition coefficient (Wildman–Crippen LogP) is 3.15. The number of benzene rings is 2. The van der Waals surface area contributed by atoms with Gasteiger partial charge in [0.1, 0.15) is 17.3 Å². The SMILES string of the molecule is Cc1ncc(CN(CCO)C(=O)c2cccc(Oc3ccccc3)c2)[nH]1. The molecule has 1 amide bonds. The van der Waals surface area contributed by atoms with Crippen LogP contribution >= 0.6 is 0 Å². The van der Waals surface area contributed by atoms with Crippen LogP contribution in [0.15, 0.2) is 60.8 Å². The Morgan fingerprint density at radius 1 is 1.15 bits per heavy atom. The van der Waals surface area contributed by atoms with E-state index in [4.69, 9.17) is 4.74 Å². The van der Waals surface area contributed by atoms with Gasteiger partial charge in [0, 0.05) is 12.1 Å². The van der Waals surface area contributed by atoms with Crippen LogP contribution in [-0.2, 0) is 6.54 Å². The quantitative estimate of drug-likeness (QED) is 0.685. The highest BCUT2D eigenvalue weighted by atomic mass is 16.5. The number of ether oxygens (including phenoxy) is 1. The Bertz CT molecular complexity index is 862. The normalized spacial score (nSPS) is 10.5. The minimum Gasteiger partial charge on any atom is -0.457 e. The average molecular weight is 351 g/mol. The largest absolute Gasteiger partial charge is 0.457 e. The summed E-state index contributed by atoms with van der Waals surface area (Å²) in [7, 11) is 0. The molecule has 1 aromatic heterocycles. The lowest BCUT2D eigenvalue weighted by Crippen LogP contribution is -2.33. The zero-order valence-corrected chi connectivity index (χ0v) is 14.6. The number of aliphatic hydroxyl groups is 1. The minimum absolute atomic E-state index is 0.112. The lowest BCUT2D eigenvalue weighted by Gasteiger charge is -2.21. The van der Waals surface area contributed by atoms with E-state index in [0.29, 0.717) is 23.6 Å². The lowest BCUT2D eigenvalue weighted by molar-refractivity contribution is 0.0705. The molecule has 0 aliphatic rings. The maximum Gasteiger partial charge on any atom is 0.254 e. The second-order valence-electron chi connectivity index (χ2n) is 5.89. The van der Waals surface area contributed by atoms with Crippen LogP contribution in [0.3, 0.4) is 0 Å². The molecule has 3 aromatic rings. The highest BCUT2D eigenvalue weighted by molar-refractivity contribution is 5.94. The summed E-state index contributed by atoms with van der Waals surface area (Å²) in [6.07, 6.45) is 1.70. The molecular formula is C20H21N3O3. The van der Waals surface area contributed by atoms with Crippen molar-refractivity contribution in [2.45, 2.75) is 13.5 Å². The summed E-state index contributed by atoms with van der Waals surface area (Å²) in [5.74, 6) is 1.90. The molecule has 2 aromatic carbocycles. The fraction of sp³-hybridized carbons (Fsp3) is 0.200. The fourth-order valence-electron chi connectivity index (χ4n) is 2.63. The number of nitrogens with zero attached hydrogens (tertiary/aromatic N) is 2. The second kappa shape index (κ2) is 8.31. The van der Waals surface area contributed by atoms with E-state index in [1.54, 1.807) is 35.4 Å². The van der Waals surface area contributed by atoms with Gasteiger partial charge >= 0.3 is 0 Å². The first-order valence-electron chi connectivity index (χ1n) is 8.39. The van der Waals surface area contributed by atoms with E-state index in [2.05, 4.69) is 9.97 Å². The number of para-hydroxylation sites is 1. The van der Waals surface area contributed by atoms with Crippen molar-refractivity contribution < 1.29 is 14.6 Å². The monoisotopic (exact) mass is 351 g/mol. The van der Waals surface area contributed by atoms with Crippen LogP contribution in [0.25, 0.3) is 0 Å². The maximum atomic E-state index is 12.9. The Morgan fingerprint density at radius 3 is 2.62 bits per heavy atom. The van der Waals surface area contributed by atoms with Crippen molar-refractivity contribution in [3.05, 3.63) is 77.9 Å². The smallest absolute Gasteiger partial charge is 0.254 e. The van der Waals surface area contributed by atoms with Crippen LogP contribution in [0, 0.1) is 6.92 Å². The zero-order chi connectivity index (χ0) is 18.4. The summed E-state index contributed by atoms with van der Waals surface area (Å²) in [6, 6.07) is 16.4. The average Bonchev–Trinajstić information content (AvgIpc) is 3.07. The van der Waals surface area contributed by atoms with Crippen LogP contribution in [0.1, 0.15) is 21.9 Å². The molecule has 0 atom stereocenters. The van der Waals surface area contributed by atoms with Gasteiger partial charge in [-0.05, 0) is 37.3 Å². The number of aromatic nitrogens is 2. The second-order valence-corrected chi connectivity index (χ2v) is 5.89. The number of carbonyl (C=O) groups excluding carboxylic acids is 1. The molecule has 26 heavy (non-hydrogen) atoms. The molecule has 0 saturated heterocycles. The van der Waals surface area contributed by atoms with Crippen molar-refractivity contribution in [1.82, 2.24) is 14.9 Å². The van der Waals surface area contributed by atoms with Gasteiger partial charge in [-0.15, -0.1) is 0 Å². The number of carbonyl (C=O) groups is 1. The van der Waals surface area contributed by atoms with E-state index >= 15 is 0 Å². The minimum atomic E-state index is -0.176. The first kappa shape index (κ1) is 17.7. The van der Waals surface area contributed by atoms with Gasteiger partial charge in [0.15, 0.2) is 0 Å². The van der Waals surface area contributed by atoms with E-state index in [-0.39, 0.29) is 19.1 Å². The summed E-state index contributed by atoms with van der Waals surface area (Å²) in [5.41, 5.74) is 1.32. The molecule has 0 fully saturated rings. The number of hydrogen-bond acceptors (Lipinski definition) is 4. The van der Waals surface area contributed by atoms with Crippen molar-refractivity contribution in [3.8, 4) is 11.5 Å². The Hall–Kier alpha value is -3.12. The number of aromatic amines is 1. The Labute approximate surface area is 152 Å². The number of amides is 1. The third-order valence-corrected chi connectivity index (χ3v) is 3.83. The molecule has 134 valence electrons. The Kier molecular flexibility index (Phi) is 5.66. The lowest BCUT2D eigenvalue weighted by atomic mass is 10.2. The van der Waals surface area contributed by atoms with Crippen molar-refractivity contribution in [1.29, 1.82) is 0 Å². The van der Waals surface area contributed by atoms with Crippen molar-refractivity contribution >= 4 is 5.91 Å². The van der Waals surface area contributed by atoms with Gasteiger partial charge in [0.25, 0.3) is 5.91 Å². The first-order valence-corrected chi connectivity index (χ1v) is 8.39. The van der Waals surface area contributed by atoms with Gasteiger partial charge in [0.05, 0.1) is 25.0 Å². The standard InChI is InChI=1S/C20H21N3O3/c1-15-21-13-17(22-15)14-23(10-11-24)20(25)16-6-5-9-19(12-16)26-18-7-3-2-4-8-18/h2-9,12-13,24H,10-11,14H2,1H3,(H,21,22). The fourth-order valence-corrected chi connectivity index (χ4v) is 2.63. The molecule has 2 N–H and O–H groups in total. The zero-order valence-electron chi connectivity index (χ0n) is 14.6. The number of aryl methyl sites for hydroxylation is 1. The summed E-state index contributed by atoms with van der Waals surface area (Å²) in [4.78, 5) is 21.7. The topological polar surface area (TPSA) is 78.4 Å². The van der Waals surface area contributed by atoms with Crippen LogP contribution in [0.4, 0.5) is 0 Å². The van der Waals surface area contributed by atoms with Crippen molar-refractivity contribution in [3.63, 3.8) is 0 Å². The molecule has 0 aliphatic carbocycles. The number of aliphatic hydroxyl groups excluding tert-OH is 1. The maximum absolute atomic E-state index is 12.9. The molecule has 6 nitrogen and oxygen atoms in total. The molecule has 0 unspecified atom stereocenters. The Balaban J connectivity index is 1.77. The van der Waals surface area contributed by atoms with Gasteiger partial charge in [0.2, 0.25) is 0 Å². The van der Waals surface area contributed by atoms with Crippen molar-refractivity contribution in [2.75, 3.05) is 13.2 Å². The van der Waals surface area contributed by atoms with Crippen LogP contribution in [0.5, 0.6) is 11.5 Å². The molecule has 0 bridgehead atoms. The number of H-pyrrole nitrogens is 1. The highest BCUT2D eigenvalue weighted by Crippen LogP contribution is 2.22. The van der Waals surface area contributed by atoms with Gasteiger partial charge < -0.3 is 19.7 Å². The summed E-state index contributed by atoms with van der Waals surface area (Å²) in [6.45, 7) is 2.33. The third kappa shape index (κ3) is 4.49. The first-order chi connectivity index (χ1) is 12.7. The number of hydrogen-bond donors (Lipinski definition) is 2. The van der Waals surface area contributed by atoms with E-state index in [0.717, 1.165) is 11.5 Å². The highest BCUT2D eigenvalue weighted by Gasteiger charge is 2.17. The predicted molar refractivity (Wildman–Crippen MR) is 98.1 cm³/mol. The molecule has 0 aliphatic heterocycles. The molecule has 6 heteroatoms. The molecule has 3 rings (SSSR count). The van der Waals surface area contributed by atoms with E-state index in [1.165, 1.54) is 0 Å². The van der Waals surface area contributed by atoms with Gasteiger partial charge in [-0.2, -0.15) is 0 Å². The molecule has 0 radical (unpaired) electrons. The third-order valence-electron chi connectivity index (χ3n) is 3.83. The summed E-state index contributed by atoms with van der Waals surface area (Å²) >= 11 is 0. The summed E-state index contributed by atoms with van der Waals surface area (Å²) in [5, 5.41) is 9.32. The van der Waals surface area contributed by atoms with E-state index < -0.39 is 0 Å². The Morgan fingerprint density at radius 2 is 1.92 bits per heavy atom. The summed E-state index contributed by atoms with van der Waals surface area (Å²) < 4.78 is 5.79. The number of rotatable bonds is 7. The molecular weight excluding hydrogens is 330 g/mol.